The first kappa shape index (κ1) is 14.7. The third-order valence-corrected chi connectivity index (χ3v) is 4.24. The highest BCUT2D eigenvalue weighted by atomic mass is 32.1. The molecular weight excluding hydrogens is 270 g/mol. The van der Waals surface area contributed by atoms with Crippen molar-refractivity contribution in [2.45, 2.75) is 39.3 Å². The number of nitrogens with two attached hydrogens (primary N) is 1. The molecule has 4 nitrogen and oxygen atoms in total. The zero-order valence-electron chi connectivity index (χ0n) is 12.1. The second-order valence-electron chi connectivity index (χ2n) is 5.11. The van der Waals surface area contributed by atoms with Gasteiger partial charge >= 0.3 is 0 Å². The van der Waals surface area contributed by atoms with Crippen LogP contribution in [0.15, 0.2) is 29.8 Å². The van der Waals surface area contributed by atoms with Gasteiger partial charge in [-0.25, -0.2) is 0 Å². The molecule has 108 valence electrons. The normalized spacial score (nSPS) is 12.6. The van der Waals surface area contributed by atoms with Gasteiger partial charge < -0.3 is 15.6 Å². The molecule has 0 fully saturated rings. The highest BCUT2D eigenvalue weighted by Gasteiger charge is 2.19. The van der Waals surface area contributed by atoms with Gasteiger partial charge in [-0.05, 0) is 37.8 Å². The van der Waals surface area contributed by atoms with Crippen LogP contribution >= 0.6 is 11.3 Å². The molecule has 0 saturated heterocycles. The van der Waals surface area contributed by atoms with E-state index in [1.807, 2.05) is 36.1 Å². The number of carbonyl (C=O) groups excluding carboxylic acids is 1. The van der Waals surface area contributed by atoms with Crippen LogP contribution in [0.25, 0.3) is 0 Å². The first-order chi connectivity index (χ1) is 9.52. The van der Waals surface area contributed by atoms with Crippen molar-refractivity contribution < 1.29 is 4.79 Å². The van der Waals surface area contributed by atoms with Crippen molar-refractivity contribution in [1.29, 1.82) is 0 Å². The van der Waals surface area contributed by atoms with Crippen LogP contribution in [0.2, 0.25) is 0 Å². The van der Waals surface area contributed by atoms with Crippen molar-refractivity contribution in [2.24, 2.45) is 0 Å². The number of hydrogen-bond donors (Lipinski definition) is 2. The summed E-state index contributed by atoms with van der Waals surface area (Å²) in [5, 5.41) is 5.12. The summed E-state index contributed by atoms with van der Waals surface area (Å²) in [6.07, 6.45) is 2.68. The van der Waals surface area contributed by atoms with Crippen molar-refractivity contribution in [1.82, 2.24) is 9.88 Å². The number of carbonyl (C=O) groups is 1. The SMILES string of the molecule is CCC(NC(=O)c1cc(N)cn1C(C)C)c1cccs1. The number of rotatable bonds is 5. The van der Waals surface area contributed by atoms with E-state index in [1.54, 1.807) is 17.4 Å². The average Bonchev–Trinajstić information content (AvgIpc) is 3.04. The first-order valence-electron chi connectivity index (χ1n) is 6.84. The molecule has 0 radical (unpaired) electrons. The number of thiophene rings is 1. The summed E-state index contributed by atoms with van der Waals surface area (Å²) in [5.41, 5.74) is 7.05. The summed E-state index contributed by atoms with van der Waals surface area (Å²) in [6.45, 7) is 6.14. The molecule has 0 aliphatic carbocycles. The molecule has 5 heteroatoms. The molecule has 0 aromatic carbocycles. The Morgan fingerprint density at radius 2 is 2.25 bits per heavy atom. The van der Waals surface area contributed by atoms with Crippen LogP contribution in [0.4, 0.5) is 5.69 Å². The van der Waals surface area contributed by atoms with E-state index in [9.17, 15) is 4.79 Å². The van der Waals surface area contributed by atoms with E-state index in [-0.39, 0.29) is 18.0 Å². The van der Waals surface area contributed by atoms with Crippen molar-refractivity contribution >= 4 is 22.9 Å². The zero-order valence-corrected chi connectivity index (χ0v) is 12.9. The Morgan fingerprint density at radius 3 is 2.80 bits per heavy atom. The van der Waals surface area contributed by atoms with Crippen LogP contribution in [0.3, 0.4) is 0 Å². The van der Waals surface area contributed by atoms with Gasteiger partial charge in [0.05, 0.1) is 11.7 Å². The van der Waals surface area contributed by atoms with E-state index in [4.69, 9.17) is 5.73 Å². The van der Waals surface area contributed by atoms with Crippen molar-refractivity contribution in [3.05, 3.63) is 40.3 Å². The first-order valence-corrected chi connectivity index (χ1v) is 7.72. The number of nitrogens with one attached hydrogen (secondary N) is 1. The topological polar surface area (TPSA) is 60.1 Å². The lowest BCUT2D eigenvalue weighted by molar-refractivity contribution is 0.0925. The quantitative estimate of drug-likeness (QED) is 0.884. The molecule has 2 aromatic heterocycles. The summed E-state index contributed by atoms with van der Waals surface area (Å²) in [5.74, 6) is -0.0735. The number of nitrogen functional groups attached to an aromatic ring is 1. The molecule has 2 rings (SSSR count). The number of aromatic nitrogens is 1. The lowest BCUT2D eigenvalue weighted by Gasteiger charge is -2.17. The Bertz CT molecular complexity index is 572. The molecule has 1 amide bonds. The third kappa shape index (κ3) is 3.04. The predicted octanol–water partition coefficient (Wildman–Crippen LogP) is 3.59. The van der Waals surface area contributed by atoms with Crippen LogP contribution in [-0.4, -0.2) is 10.5 Å². The summed E-state index contributed by atoms with van der Waals surface area (Å²) < 4.78 is 1.91. The average molecular weight is 291 g/mol. The highest BCUT2D eigenvalue weighted by molar-refractivity contribution is 7.10. The van der Waals surface area contributed by atoms with Gasteiger partial charge in [0.15, 0.2) is 0 Å². The van der Waals surface area contributed by atoms with Gasteiger partial charge in [-0.15, -0.1) is 11.3 Å². The van der Waals surface area contributed by atoms with E-state index < -0.39 is 0 Å². The smallest absolute Gasteiger partial charge is 0.268 e. The second kappa shape index (κ2) is 6.13. The fourth-order valence-corrected chi connectivity index (χ4v) is 3.07. The van der Waals surface area contributed by atoms with Crippen LogP contribution in [-0.2, 0) is 0 Å². The van der Waals surface area contributed by atoms with Gasteiger partial charge in [0.2, 0.25) is 0 Å². The van der Waals surface area contributed by atoms with E-state index >= 15 is 0 Å². The van der Waals surface area contributed by atoms with Crippen molar-refractivity contribution in [3.63, 3.8) is 0 Å². The molecule has 0 saturated carbocycles. The summed E-state index contributed by atoms with van der Waals surface area (Å²) in [7, 11) is 0. The molecule has 3 N–H and O–H groups in total. The molecule has 1 unspecified atom stereocenters. The van der Waals surface area contributed by atoms with Crippen LogP contribution in [0.1, 0.15) is 54.6 Å². The maximum absolute atomic E-state index is 12.5. The maximum Gasteiger partial charge on any atom is 0.268 e. The van der Waals surface area contributed by atoms with Gasteiger partial charge in [0, 0.05) is 17.1 Å². The highest BCUT2D eigenvalue weighted by Crippen LogP contribution is 2.23. The molecule has 2 aromatic rings. The van der Waals surface area contributed by atoms with Gasteiger partial charge in [-0.1, -0.05) is 13.0 Å². The molecular formula is C15H21N3OS. The standard InChI is InChI=1S/C15H21N3OS/c1-4-12(14-6-5-7-20-14)17-15(19)13-8-11(16)9-18(13)10(2)3/h5-10,12H,4,16H2,1-3H3,(H,17,19). The van der Waals surface area contributed by atoms with Gasteiger partial charge in [-0.2, -0.15) is 0 Å². The van der Waals surface area contributed by atoms with E-state index in [0.717, 1.165) is 6.42 Å². The molecule has 0 aliphatic heterocycles. The Kier molecular flexibility index (Phi) is 4.49. The van der Waals surface area contributed by atoms with Crippen LogP contribution in [0.5, 0.6) is 0 Å². The Balaban J connectivity index is 2.19. The molecule has 1 atom stereocenters. The molecule has 20 heavy (non-hydrogen) atoms. The van der Waals surface area contributed by atoms with Gasteiger partial charge in [0.25, 0.3) is 5.91 Å². The lowest BCUT2D eigenvalue weighted by atomic mass is 10.2. The zero-order chi connectivity index (χ0) is 14.7. The Morgan fingerprint density at radius 1 is 1.50 bits per heavy atom. The molecule has 0 spiro atoms. The minimum absolute atomic E-state index is 0.0548. The minimum atomic E-state index is -0.0735. The Labute approximate surface area is 123 Å². The second-order valence-corrected chi connectivity index (χ2v) is 6.09. The lowest BCUT2D eigenvalue weighted by Crippen LogP contribution is -2.29. The van der Waals surface area contributed by atoms with Crippen molar-refractivity contribution in [3.8, 4) is 0 Å². The monoisotopic (exact) mass is 291 g/mol. The van der Waals surface area contributed by atoms with E-state index in [1.165, 1.54) is 4.88 Å². The van der Waals surface area contributed by atoms with E-state index in [0.29, 0.717) is 11.4 Å². The van der Waals surface area contributed by atoms with Crippen LogP contribution < -0.4 is 11.1 Å². The maximum atomic E-state index is 12.5. The van der Waals surface area contributed by atoms with E-state index in [2.05, 4.69) is 18.3 Å². The largest absolute Gasteiger partial charge is 0.397 e. The number of hydrogen-bond acceptors (Lipinski definition) is 3. The molecule has 0 aliphatic rings. The number of amides is 1. The molecule has 0 bridgehead atoms. The van der Waals surface area contributed by atoms with Gasteiger partial charge in [-0.3, -0.25) is 4.79 Å². The summed E-state index contributed by atoms with van der Waals surface area (Å²) in [6, 6.07) is 6.05. The third-order valence-electron chi connectivity index (χ3n) is 3.26. The Hall–Kier alpha value is -1.75. The van der Waals surface area contributed by atoms with Gasteiger partial charge in [0.1, 0.15) is 5.69 Å². The number of nitrogens with zero attached hydrogens (tertiary/aromatic N) is 1. The minimum Gasteiger partial charge on any atom is -0.397 e. The summed E-state index contributed by atoms with van der Waals surface area (Å²) in [4.78, 5) is 13.6. The fraction of sp³-hybridized carbons (Fsp3) is 0.400. The molecule has 2 heterocycles. The predicted molar refractivity (Wildman–Crippen MR) is 84.0 cm³/mol. The summed E-state index contributed by atoms with van der Waals surface area (Å²) >= 11 is 1.66. The van der Waals surface area contributed by atoms with Crippen LogP contribution in [0, 0.1) is 0 Å². The van der Waals surface area contributed by atoms with Crippen molar-refractivity contribution in [2.75, 3.05) is 5.73 Å². The number of anilines is 1. The fourth-order valence-electron chi connectivity index (χ4n) is 2.21.